The molecule has 2 saturated heterocycles. The quantitative estimate of drug-likeness (QED) is 0.384. The molecular formula is C26H25ClF2N4O2S. The topological polar surface area (TPSA) is 58.4 Å². The van der Waals surface area contributed by atoms with E-state index in [9.17, 15) is 18.4 Å². The number of halogens is 3. The lowest BCUT2D eigenvalue weighted by atomic mass is 10.1. The number of rotatable bonds is 6. The van der Waals surface area contributed by atoms with Gasteiger partial charge in [-0.2, -0.15) is 5.10 Å². The Labute approximate surface area is 216 Å². The molecule has 2 atom stereocenters. The van der Waals surface area contributed by atoms with Gasteiger partial charge in [0.25, 0.3) is 11.1 Å². The molecule has 0 radical (unpaired) electrons. The fraction of sp³-hybridized carbons (Fsp3) is 0.346. The summed E-state index contributed by atoms with van der Waals surface area (Å²) in [7, 11) is 0. The van der Waals surface area contributed by atoms with Crippen LogP contribution in [0.2, 0.25) is 5.02 Å². The number of aromatic nitrogens is 2. The zero-order valence-electron chi connectivity index (χ0n) is 19.8. The standard InChI is InChI=1S/C26H25ClF2N4O2S/c1-15(2)31-13-21(29)23(14-31)33-25(34)24(36-26(33)35)8-16-3-6-22-19(7-16)11-30-32(22)12-17-4-5-20(27)9-18(17)10-28/h3-9,11,15,21,23H,10,12-14H2,1-2H3/b24-8-/t21-,23?/m0/s1. The van der Waals surface area contributed by atoms with Crippen molar-refractivity contribution in [1.29, 1.82) is 0 Å². The summed E-state index contributed by atoms with van der Waals surface area (Å²) in [4.78, 5) is 29.0. The minimum atomic E-state index is -1.26. The fourth-order valence-electron chi connectivity index (χ4n) is 4.71. The van der Waals surface area contributed by atoms with E-state index >= 15 is 0 Å². The van der Waals surface area contributed by atoms with Gasteiger partial charge in [-0.3, -0.25) is 24.1 Å². The number of benzene rings is 2. The van der Waals surface area contributed by atoms with Crippen LogP contribution in [0.3, 0.4) is 0 Å². The molecule has 5 rings (SSSR count). The Morgan fingerprint density at radius 3 is 2.69 bits per heavy atom. The molecule has 0 saturated carbocycles. The van der Waals surface area contributed by atoms with Crippen LogP contribution >= 0.6 is 23.4 Å². The molecule has 0 spiro atoms. The molecule has 188 valence electrons. The Kier molecular flexibility index (Phi) is 6.89. The van der Waals surface area contributed by atoms with Gasteiger partial charge < -0.3 is 0 Å². The number of hydrogen-bond donors (Lipinski definition) is 0. The molecule has 1 aromatic heterocycles. The summed E-state index contributed by atoms with van der Waals surface area (Å²) >= 11 is 6.82. The van der Waals surface area contributed by atoms with Crippen LogP contribution in [-0.4, -0.2) is 62.1 Å². The van der Waals surface area contributed by atoms with Gasteiger partial charge in [0.2, 0.25) is 0 Å². The van der Waals surface area contributed by atoms with E-state index < -0.39 is 30.0 Å². The summed E-state index contributed by atoms with van der Waals surface area (Å²) in [6.45, 7) is 4.26. The first-order valence-electron chi connectivity index (χ1n) is 11.7. The maximum Gasteiger partial charge on any atom is 0.293 e. The van der Waals surface area contributed by atoms with E-state index in [1.165, 1.54) is 0 Å². The van der Waals surface area contributed by atoms with E-state index in [4.69, 9.17) is 11.6 Å². The molecule has 1 unspecified atom stereocenters. The SMILES string of the molecule is CC(C)N1CC(N2C(=O)S/C(=C\c3ccc4c(cnn4Cc4ccc(Cl)cc4CF)c3)C2=O)[C@@H](F)C1. The van der Waals surface area contributed by atoms with Crippen LogP contribution in [0.15, 0.2) is 47.5 Å². The van der Waals surface area contributed by atoms with E-state index in [0.717, 1.165) is 38.7 Å². The van der Waals surface area contributed by atoms with Crippen molar-refractivity contribution in [3.05, 3.63) is 69.2 Å². The molecule has 0 N–H and O–H groups in total. The molecule has 2 aromatic carbocycles. The van der Waals surface area contributed by atoms with E-state index in [1.54, 1.807) is 35.2 Å². The zero-order valence-corrected chi connectivity index (χ0v) is 21.4. The largest absolute Gasteiger partial charge is 0.296 e. The predicted molar refractivity (Wildman–Crippen MR) is 138 cm³/mol. The van der Waals surface area contributed by atoms with Gasteiger partial charge in [0.1, 0.15) is 12.8 Å². The monoisotopic (exact) mass is 530 g/mol. The number of alkyl halides is 2. The third-order valence-electron chi connectivity index (χ3n) is 6.73. The average Bonchev–Trinajstić information content (AvgIpc) is 3.50. The number of amides is 2. The van der Waals surface area contributed by atoms with Gasteiger partial charge in [0.15, 0.2) is 0 Å². The molecular weight excluding hydrogens is 506 g/mol. The minimum Gasteiger partial charge on any atom is -0.296 e. The van der Waals surface area contributed by atoms with Crippen molar-refractivity contribution >= 4 is 51.5 Å². The van der Waals surface area contributed by atoms with Crippen LogP contribution in [0.4, 0.5) is 13.6 Å². The zero-order chi connectivity index (χ0) is 25.6. The molecule has 2 amide bonds. The minimum absolute atomic E-state index is 0.139. The second-order valence-electron chi connectivity index (χ2n) is 9.35. The number of imide groups is 1. The van der Waals surface area contributed by atoms with Gasteiger partial charge in [0.05, 0.1) is 29.2 Å². The summed E-state index contributed by atoms with van der Waals surface area (Å²) < 4.78 is 29.9. The Balaban J connectivity index is 1.36. The first kappa shape index (κ1) is 24.9. The molecule has 36 heavy (non-hydrogen) atoms. The van der Waals surface area contributed by atoms with Gasteiger partial charge in [-0.1, -0.05) is 23.7 Å². The average molecular weight is 531 g/mol. The van der Waals surface area contributed by atoms with Crippen molar-refractivity contribution in [3.8, 4) is 0 Å². The van der Waals surface area contributed by atoms with Crippen LogP contribution in [0.5, 0.6) is 0 Å². The molecule has 0 bridgehead atoms. The Hall–Kier alpha value is -2.75. The summed E-state index contributed by atoms with van der Waals surface area (Å²) in [6, 6.07) is 10.1. The summed E-state index contributed by atoms with van der Waals surface area (Å²) in [5, 5.41) is 5.33. The lowest BCUT2D eigenvalue weighted by Gasteiger charge is -2.23. The lowest BCUT2D eigenvalue weighted by molar-refractivity contribution is -0.124. The van der Waals surface area contributed by atoms with Crippen molar-refractivity contribution in [1.82, 2.24) is 19.6 Å². The number of nitrogens with zero attached hydrogens (tertiary/aromatic N) is 4. The fourth-order valence-corrected chi connectivity index (χ4v) is 5.79. The highest BCUT2D eigenvalue weighted by molar-refractivity contribution is 8.18. The Bertz CT molecular complexity index is 1380. The molecule has 2 aliphatic heterocycles. The highest BCUT2D eigenvalue weighted by Gasteiger charge is 2.47. The maximum absolute atomic E-state index is 14.7. The second-order valence-corrected chi connectivity index (χ2v) is 10.8. The van der Waals surface area contributed by atoms with Crippen LogP contribution in [0.25, 0.3) is 17.0 Å². The molecule has 3 aromatic rings. The van der Waals surface area contributed by atoms with E-state index in [1.807, 2.05) is 36.9 Å². The molecule has 2 aliphatic rings. The van der Waals surface area contributed by atoms with Crippen LogP contribution in [0.1, 0.15) is 30.5 Å². The number of hydrogen-bond acceptors (Lipinski definition) is 5. The van der Waals surface area contributed by atoms with Crippen molar-refractivity contribution in [2.24, 2.45) is 0 Å². The summed E-state index contributed by atoms with van der Waals surface area (Å²) in [6.07, 6.45) is 2.10. The Morgan fingerprint density at radius 2 is 1.97 bits per heavy atom. The van der Waals surface area contributed by atoms with E-state index in [2.05, 4.69) is 5.10 Å². The van der Waals surface area contributed by atoms with Gasteiger partial charge in [-0.25, -0.2) is 8.78 Å². The molecule has 2 fully saturated rings. The number of carbonyl (C=O) groups is 2. The van der Waals surface area contributed by atoms with Gasteiger partial charge in [-0.15, -0.1) is 0 Å². The van der Waals surface area contributed by atoms with Crippen molar-refractivity contribution in [3.63, 3.8) is 0 Å². The number of likely N-dealkylation sites (tertiary alicyclic amines) is 1. The second kappa shape index (κ2) is 9.95. The van der Waals surface area contributed by atoms with Crippen molar-refractivity contribution in [2.45, 2.75) is 45.3 Å². The van der Waals surface area contributed by atoms with Crippen LogP contribution in [-0.2, 0) is 18.0 Å². The smallest absolute Gasteiger partial charge is 0.293 e. The van der Waals surface area contributed by atoms with Crippen LogP contribution < -0.4 is 0 Å². The normalized spacial score (nSPS) is 22.2. The van der Waals surface area contributed by atoms with Crippen molar-refractivity contribution < 1.29 is 18.4 Å². The van der Waals surface area contributed by atoms with Gasteiger partial charge in [-0.05, 0) is 72.6 Å². The maximum atomic E-state index is 14.7. The summed E-state index contributed by atoms with van der Waals surface area (Å²) in [5.74, 6) is -0.458. The number of fused-ring (bicyclic) bond motifs is 1. The molecule has 3 heterocycles. The van der Waals surface area contributed by atoms with E-state index in [0.29, 0.717) is 23.7 Å². The van der Waals surface area contributed by atoms with Crippen LogP contribution in [0, 0.1) is 0 Å². The number of carbonyl (C=O) groups excluding carboxylic acids is 2. The lowest BCUT2D eigenvalue weighted by Crippen LogP contribution is -2.44. The first-order valence-corrected chi connectivity index (χ1v) is 12.9. The summed E-state index contributed by atoms with van der Waals surface area (Å²) in [5.41, 5.74) is 2.89. The van der Waals surface area contributed by atoms with Gasteiger partial charge >= 0.3 is 0 Å². The Morgan fingerprint density at radius 1 is 1.17 bits per heavy atom. The van der Waals surface area contributed by atoms with E-state index in [-0.39, 0.29) is 17.5 Å². The predicted octanol–water partition coefficient (Wildman–Crippen LogP) is 5.67. The number of thioether (sulfide) groups is 1. The first-order chi connectivity index (χ1) is 17.2. The molecule has 10 heteroatoms. The third-order valence-corrected chi connectivity index (χ3v) is 7.85. The highest BCUT2D eigenvalue weighted by atomic mass is 35.5. The molecule has 0 aliphatic carbocycles. The highest BCUT2D eigenvalue weighted by Crippen LogP contribution is 2.37. The molecule has 6 nitrogen and oxygen atoms in total. The third kappa shape index (κ3) is 4.67. The van der Waals surface area contributed by atoms with Gasteiger partial charge in [0, 0.05) is 29.5 Å². The van der Waals surface area contributed by atoms with Crippen molar-refractivity contribution in [2.75, 3.05) is 13.1 Å².